The monoisotopic (exact) mass is 152 g/mol. The zero-order valence-electron chi connectivity index (χ0n) is 7.90. The van der Waals surface area contributed by atoms with Crippen molar-refractivity contribution in [3.8, 4) is 0 Å². The van der Waals surface area contributed by atoms with Crippen LogP contribution >= 0.6 is 0 Å². The van der Waals surface area contributed by atoms with E-state index in [-0.39, 0.29) is 0 Å². The molecule has 0 aromatic rings. The third-order valence-corrected chi connectivity index (χ3v) is 4.52. The van der Waals surface area contributed by atoms with E-state index in [1.165, 1.54) is 38.5 Å². The third kappa shape index (κ3) is 1.02. The summed E-state index contributed by atoms with van der Waals surface area (Å²) in [4.78, 5) is 0. The molecule has 0 saturated heterocycles. The van der Waals surface area contributed by atoms with Crippen molar-refractivity contribution >= 4 is 0 Å². The van der Waals surface area contributed by atoms with E-state index in [4.69, 9.17) is 0 Å². The Balaban J connectivity index is 2.16. The molecule has 2 saturated carbocycles. The lowest BCUT2D eigenvalue weighted by atomic mass is 9.66. The van der Waals surface area contributed by atoms with Gasteiger partial charge in [-0.05, 0) is 42.9 Å². The first-order chi connectivity index (χ1) is 5.23. The number of fused-ring (bicyclic) bond motifs is 1. The van der Waals surface area contributed by atoms with Crippen LogP contribution in [-0.2, 0) is 0 Å². The van der Waals surface area contributed by atoms with Crippen LogP contribution in [0.5, 0.6) is 0 Å². The highest BCUT2D eigenvalue weighted by Gasteiger charge is 2.44. The minimum Gasteiger partial charge on any atom is -0.0620 e. The smallest absolute Gasteiger partial charge is 0.0272 e. The van der Waals surface area contributed by atoms with Gasteiger partial charge < -0.3 is 0 Å². The molecule has 2 aliphatic carbocycles. The second-order valence-corrected chi connectivity index (χ2v) is 4.93. The SMILES string of the molecule is CC1CCC2CCCC[C@]12C. The first kappa shape index (κ1) is 7.64. The summed E-state index contributed by atoms with van der Waals surface area (Å²) in [7, 11) is 0. The number of rotatable bonds is 0. The molecule has 0 radical (unpaired) electrons. The topological polar surface area (TPSA) is 0 Å². The lowest BCUT2D eigenvalue weighted by Crippen LogP contribution is -2.30. The van der Waals surface area contributed by atoms with E-state index in [0.29, 0.717) is 0 Å². The van der Waals surface area contributed by atoms with Gasteiger partial charge in [0.15, 0.2) is 0 Å². The zero-order chi connectivity index (χ0) is 7.90. The Labute approximate surface area is 70.4 Å². The van der Waals surface area contributed by atoms with Gasteiger partial charge in [-0.2, -0.15) is 0 Å². The quantitative estimate of drug-likeness (QED) is 0.497. The van der Waals surface area contributed by atoms with Gasteiger partial charge in [0.25, 0.3) is 0 Å². The summed E-state index contributed by atoms with van der Waals surface area (Å²) in [6.45, 7) is 5.00. The van der Waals surface area contributed by atoms with Crippen molar-refractivity contribution in [3.63, 3.8) is 0 Å². The van der Waals surface area contributed by atoms with Crippen molar-refractivity contribution in [2.45, 2.75) is 52.4 Å². The minimum absolute atomic E-state index is 0.748. The summed E-state index contributed by atoms with van der Waals surface area (Å²) >= 11 is 0. The molecule has 3 atom stereocenters. The number of hydrogen-bond donors (Lipinski definition) is 0. The Bertz CT molecular complexity index is 148. The Hall–Kier alpha value is 0. The second kappa shape index (κ2) is 2.50. The Kier molecular flexibility index (Phi) is 1.74. The van der Waals surface area contributed by atoms with Crippen molar-refractivity contribution < 1.29 is 0 Å². The molecule has 0 aliphatic heterocycles. The van der Waals surface area contributed by atoms with Gasteiger partial charge >= 0.3 is 0 Å². The molecule has 2 rings (SSSR count). The molecule has 0 heterocycles. The molecule has 0 spiro atoms. The van der Waals surface area contributed by atoms with Crippen LogP contribution in [0.4, 0.5) is 0 Å². The lowest BCUT2D eigenvalue weighted by Gasteiger charge is -2.39. The molecule has 0 amide bonds. The fourth-order valence-electron chi connectivity index (χ4n) is 3.33. The molecular formula is C11H20. The van der Waals surface area contributed by atoms with E-state index in [1.54, 1.807) is 0 Å². The molecule has 0 heteroatoms. The zero-order valence-corrected chi connectivity index (χ0v) is 7.90. The predicted octanol–water partition coefficient (Wildman–Crippen LogP) is 3.61. The Morgan fingerprint density at radius 3 is 2.64 bits per heavy atom. The molecule has 2 aliphatic rings. The van der Waals surface area contributed by atoms with Crippen LogP contribution in [0.15, 0.2) is 0 Å². The fourth-order valence-corrected chi connectivity index (χ4v) is 3.33. The third-order valence-electron chi connectivity index (χ3n) is 4.52. The maximum Gasteiger partial charge on any atom is -0.0272 e. The fraction of sp³-hybridized carbons (Fsp3) is 1.00. The molecular weight excluding hydrogens is 132 g/mol. The van der Waals surface area contributed by atoms with Crippen molar-refractivity contribution in [2.24, 2.45) is 17.3 Å². The van der Waals surface area contributed by atoms with Gasteiger partial charge in [0.05, 0.1) is 0 Å². The normalized spacial score (nSPS) is 50.7. The standard InChI is InChI=1S/C11H20/c1-9-6-7-10-5-3-4-8-11(9,10)2/h9-10H,3-8H2,1-2H3/t9?,10?,11-/m1/s1. The first-order valence-corrected chi connectivity index (χ1v) is 5.23. The van der Waals surface area contributed by atoms with Gasteiger partial charge in [0, 0.05) is 0 Å². The molecule has 0 nitrogen and oxygen atoms in total. The minimum atomic E-state index is 0.748. The van der Waals surface area contributed by atoms with Crippen molar-refractivity contribution in [1.82, 2.24) is 0 Å². The molecule has 0 N–H and O–H groups in total. The summed E-state index contributed by atoms with van der Waals surface area (Å²) < 4.78 is 0. The van der Waals surface area contributed by atoms with Crippen LogP contribution in [0.1, 0.15) is 52.4 Å². The largest absolute Gasteiger partial charge is 0.0620 e. The summed E-state index contributed by atoms with van der Waals surface area (Å²) in [6, 6.07) is 0. The molecule has 0 aromatic heterocycles. The number of hydrogen-bond acceptors (Lipinski definition) is 0. The first-order valence-electron chi connectivity index (χ1n) is 5.23. The lowest BCUT2D eigenvalue weighted by molar-refractivity contribution is 0.109. The van der Waals surface area contributed by atoms with Crippen LogP contribution in [0.25, 0.3) is 0 Å². The summed E-state index contributed by atoms with van der Waals surface area (Å²) in [5, 5.41) is 0. The Morgan fingerprint density at radius 2 is 1.91 bits per heavy atom. The van der Waals surface area contributed by atoms with Crippen molar-refractivity contribution in [3.05, 3.63) is 0 Å². The second-order valence-electron chi connectivity index (χ2n) is 4.93. The molecule has 0 aromatic carbocycles. The molecule has 11 heavy (non-hydrogen) atoms. The maximum atomic E-state index is 2.54. The van der Waals surface area contributed by atoms with E-state index in [9.17, 15) is 0 Å². The van der Waals surface area contributed by atoms with Gasteiger partial charge in [0.2, 0.25) is 0 Å². The van der Waals surface area contributed by atoms with Crippen LogP contribution < -0.4 is 0 Å². The van der Waals surface area contributed by atoms with Gasteiger partial charge in [-0.15, -0.1) is 0 Å². The summed E-state index contributed by atoms with van der Waals surface area (Å²) in [6.07, 6.45) is 9.07. The van der Waals surface area contributed by atoms with Crippen LogP contribution in [0, 0.1) is 17.3 Å². The summed E-state index contributed by atoms with van der Waals surface area (Å²) in [5.41, 5.74) is 0.748. The van der Waals surface area contributed by atoms with Crippen molar-refractivity contribution in [2.75, 3.05) is 0 Å². The maximum absolute atomic E-state index is 2.54. The van der Waals surface area contributed by atoms with E-state index in [2.05, 4.69) is 13.8 Å². The average Bonchev–Trinajstić information content (AvgIpc) is 2.29. The van der Waals surface area contributed by atoms with E-state index >= 15 is 0 Å². The Morgan fingerprint density at radius 1 is 1.09 bits per heavy atom. The van der Waals surface area contributed by atoms with Gasteiger partial charge in [-0.3, -0.25) is 0 Å². The van der Waals surface area contributed by atoms with Crippen LogP contribution in [0.3, 0.4) is 0 Å². The highest BCUT2D eigenvalue weighted by atomic mass is 14.5. The van der Waals surface area contributed by atoms with E-state index in [0.717, 1.165) is 17.3 Å². The highest BCUT2D eigenvalue weighted by molar-refractivity contribution is 4.95. The molecule has 2 unspecified atom stereocenters. The molecule has 2 fully saturated rings. The van der Waals surface area contributed by atoms with Crippen molar-refractivity contribution in [1.29, 1.82) is 0 Å². The molecule has 64 valence electrons. The van der Waals surface area contributed by atoms with Gasteiger partial charge in [-0.1, -0.05) is 26.7 Å². The predicted molar refractivity (Wildman–Crippen MR) is 48.5 cm³/mol. The van der Waals surface area contributed by atoms with E-state index in [1.807, 2.05) is 0 Å². The van der Waals surface area contributed by atoms with Gasteiger partial charge in [-0.25, -0.2) is 0 Å². The summed E-state index contributed by atoms with van der Waals surface area (Å²) in [5.74, 6) is 2.10. The highest BCUT2D eigenvalue weighted by Crippen LogP contribution is 2.54. The van der Waals surface area contributed by atoms with Crippen LogP contribution in [0.2, 0.25) is 0 Å². The van der Waals surface area contributed by atoms with E-state index < -0.39 is 0 Å². The average molecular weight is 152 g/mol. The molecule has 0 bridgehead atoms. The van der Waals surface area contributed by atoms with Crippen LogP contribution in [-0.4, -0.2) is 0 Å². The van der Waals surface area contributed by atoms with Gasteiger partial charge in [0.1, 0.15) is 0 Å².